The number of hydrogen-bond donors (Lipinski definition) is 0. The van der Waals surface area contributed by atoms with Crippen LogP contribution in [-0.2, 0) is 9.53 Å². The fourth-order valence-corrected chi connectivity index (χ4v) is 2.70. The van der Waals surface area contributed by atoms with Gasteiger partial charge in [-0.1, -0.05) is 6.58 Å². The van der Waals surface area contributed by atoms with Crippen molar-refractivity contribution in [2.24, 2.45) is 0 Å². The minimum Gasteiger partial charge on any atom is -0.462 e. The molecule has 0 aromatic carbocycles. The van der Waals surface area contributed by atoms with Crippen molar-refractivity contribution >= 4 is 5.97 Å². The zero-order valence-electron chi connectivity index (χ0n) is 14.6. The summed E-state index contributed by atoms with van der Waals surface area (Å²) in [7, 11) is 0. The predicted octanol–water partition coefficient (Wildman–Crippen LogP) is 5.61. The number of hydrogen-bond acceptors (Lipinski definition) is 2. The van der Waals surface area contributed by atoms with Gasteiger partial charge in [0.2, 0.25) is 0 Å². The fourth-order valence-electron chi connectivity index (χ4n) is 2.70. The van der Waals surface area contributed by atoms with Gasteiger partial charge in [-0.15, -0.1) is 0 Å². The Morgan fingerprint density at radius 2 is 1.19 bits per heavy atom. The lowest BCUT2D eigenvalue weighted by Gasteiger charge is -2.56. The molecule has 0 spiro atoms. The Morgan fingerprint density at radius 1 is 0.812 bits per heavy atom. The third-order valence-electron chi connectivity index (χ3n) is 4.59. The van der Waals surface area contributed by atoms with E-state index >= 15 is 0 Å². The van der Waals surface area contributed by atoms with Gasteiger partial charge in [-0.3, -0.25) is 0 Å². The summed E-state index contributed by atoms with van der Waals surface area (Å²) in [6.07, 6.45) is -8.87. The van der Waals surface area contributed by atoms with E-state index in [-0.39, 0.29) is 6.08 Å². The number of carbonyl (C=O) groups is 1. The lowest BCUT2D eigenvalue weighted by atomic mass is 9.63. The molecule has 0 bridgehead atoms. The average molecular weight is 512 g/mol. The molecular formula is C14H8F16O2. The van der Waals surface area contributed by atoms with Gasteiger partial charge in [0, 0.05) is 6.08 Å². The Labute approximate surface area is 166 Å². The van der Waals surface area contributed by atoms with Crippen LogP contribution in [0.5, 0.6) is 0 Å². The van der Waals surface area contributed by atoms with Crippen LogP contribution in [0.25, 0.3) is 0 Å². The number of alkyl halides is 16. The first-order valence-corrected chi connectivity index (χ1v) is 7.62. The molecule has 1 aliphatic carbocycles. The van der Waals surface area contributed by atoms with Crippen LogP contribution in [0.15, 0.2) is 12.7 Å². The number of ether oxygens (including phenoxy) is 1. The molecular weight excluding hydrogens is 504 g/mol. The van der Waals surface area contributed by atoms with E-state index in [2.05, 4.69) is 11.3 Å². The minimum absolute atomic E-state index is 0.197. The fraction of sp³-hybridized carbons (Fsp3) is 0.786. The summed E-state index contributed by atoms with van der Waals surface area (Å²) in [4.78, 5) is 10.6. The first-order chi connectivity index (χ1) is 13.9. The Kier molecular flexibility index (Phi) is 6.41. The Hall–Kier alpha value is -1.91. The standard InChI is InChI=1S/C14H8F16O2/c1-2-5(31)32-4-3-7(17,18)10(21,22)9(20)13(27,28)11(23,24)8(19,6(15)16)12(25,26)14(9,29)30/h2,6H,1,3-4H2. The topological polar surface area (TPSA) is 26.3 Å². The summed E-state index contributed by atoms with van der Waals surface area (Å²) in [5.41, 5.74) is -16.0. The normalized spacial score (nSPS) is 31.3. The van der Waals surface area contributed by atoms with Crippen LogP contribution in [0.3, 0.4) is 0 Å². The molecule has 0 unspecified atom stereocenters. The van der Waals surface area contributed by atoms with E-state index in [1.165, 1.54) is 0 Å². The summed E-state index contributed by atoms with van der Waals surface area (Å²) < 4.78 is 222. The lowest BCUT2D eigenvalue weighted by Crippen LogP contribution is -2.90. The molecule has 1 rings (SSSR count). The Balaban J connectivity index is 3.83. The average Bonchev–Trinajstić information content (AvgIpc) is 2.63. The summed E-state index contributed by atoms with van der Waals surface area (Å²) in [5, 5.41) is 0. The number of carbonyl (C=O) groups excluding carboxylic acids is 1. The maximum absolute atomic E-state index is 14.4. The highest BCUT2D eigenvalue weighted by Crippen LogP contribution is 2.74. The van der Waals surface area contributed by atoms with Crippen molar-refractivity contribution in [3.63, 3.8) is 0 Å². The first kappa shape index (κ1) is 28.1. The third-order valence-corrected chi connectivity index (χ3v) is 4.59. The van der Waals surface area contributed by atoms with E-state index in [4.69, 9.17) is 0 Å². The molecule has 0 saturated heterocycles. The van der Waals surface area contributed by atoms with Crippen molar-refractivity contribution in [2.75, 3.05) is 6.61 Å². The highest BCUT2D eigenvalue weighted by molar-refractivity contribution is 5.81. The van der Waals surface area contributed by atoms with Gasteiger partial charge in [0.1, 0.15) is 0 Å². The van der Waals surface area contributed by atoms with E-state index < -0.39 is 72.3 Å². The van der Waals surface area contributed by atoms with Crippen molar-refractivity contribution in [3.05, 3.63) is 12.7 Å². The summed E-state index contributed by atoms with van der Waals surface area (Å²) >= 11 is 0. The van der Waals surface area contributed by atoms with Crippen LogP contribution in [0.4, 0.5) is 70.2 Å². The molecule has 1 aliphatic rings. The van der Waals surface area contributed by atoms with Gasteiger partial charge in [-0.05, 0) is 0 Å². The first-order valence-electron chi connectivity index (χ1n) is 7.62. The molecule has 0 N–H and O–H groups in total. The molecule has 0 aromatic heterocycles. The number of rotatable bonds is 7. The molecule has 18 heteroatoms. The van der Waals surface area contributed by atoms with Crippen LogP contribution in [0.2, 0.25) is 0 Å². The molecule has 1 fully saturated rings. The van der Waals surface area contributed by atoms with E-state index in [1.54, 1.807) is 0 Å². The van der Waals surface area contributed by atoms with Crippen LogP contribution < -0.4 is 0 Å². The zero-order chi connectivity index (χ0) is 26.0. The lowest BCUT2D eigenvalue weighted by molar-refractivity contribution is -0.506. The van der Waals surface area contributed by atoms with Gasteiger partial charge in [0.25, 0.3) is 6.43 Å². The van der Waals surface area contributed by atoms with E-state index in [0.29, 0.717) is 0 Å². The van der Waals surface area contributed by atoms with Crippen molar-refractivity contribution in [3.8, 4) is 0 Å². The zero-order valence-corrected chi connectivity index (χ0v) is 14.6. The predicted molar refractivity (Wildman–Crippen MR) is 69.1 cm³/mol. The van der Waals surface area contributed by atoms with E-state index in [0.717, 1.165) is 0 Å². The third kappa shape index (κ3) is 2.85. The van der Waals surface area contributed by atoms with Crippen molar-refractivity contribution < 1.29 is 79.8 Å². The number of esters is 1. The monoisotopic (exact) mass is 512 g/mol. The molecule has 0 aliphatic heterocycles. The summed E-state index contributed by atoms with van der Waals surface area (Å²) in [6, 6.07) is 0. The minimum atomic E-state index is -8.34. The van der Waals surface area contributed by atoms with Crippen LogP contribution in [0.1, 0.15) is 6.42 Å². The van der Waals surface area contributed by atoms with Crippen molar-refractivity contribution in [2.45, 2.75) is 59.7 Å². The van der Waals surface area contributed by atoms with Gasteiger partial charge in [0.05, 0.1) is 13.0 Å². The Bertz CT molecular complexity index is 730. The molecule has 32 heavy (non-hydrogen) atoms. The van der Waals surface area contributed by atoms with Crippen molar-refractivity contribution in [1.82, 2.24) is 0 Å². The molecule has 0 heterocycles. The maximum Gasteiger partial charge on any atom is 0.359 e. The maximum atomic E-state index is 14.4. The molecule has 2 nitrogen and oxygen atoms in total. The number of halogens is 16. The highest BCUT2D eigenvalue weighted by atomic mass is 19.4. The van der Waals surface area contributed by atoms with E-state index in [1.807, 2.05) is 0 Å². The van der Waals surface area contributed by atoms with Crippen LogP contribution >= 0.6 is 0 Å². The highest BCUT2D eigenvalue weighted by Gasteiger charge is 3.06. The molecule has 188 valence electrons. The largest absolute Gasteiger partial charge is 0.462 e. The SMILES string of the molecule is C=CC(=O)OCCC(F)(F)C(F)(F)C1(F)C(F)(F)C(F)(F)C(F)(C(F)F)C(F)(F)C1(F)F. The molecule has 0 aromatic rings. The van der Waals surface area contributed by atoms with Gasteiger partial charge >= 0.3 is 52.8 Å². The molecule has 0 atom stereocenters. The van der Waals surface area contributed by atoms with Crippen LogP contribution in [-0.4, -0.2) is 65.9 Å². The molecule has 1 saturated carbocycles. The quantitative estimate of drug-likeness (QED) is 0.252. The second kappa shape index (κ2) is 7.30. The Morgan fingerprint density at radius 3 is 1.50 bits per heavy atom. The van der Waals surface area contributed by atoms with Crippen LogP contribution in [0, 0.1) is 0 Å². The second-order valence-corrected chi connectivity index (χ2v) is 6.37. The molecule has 0 radical (unpaired) electrons. The smallest absolute Gasteiger partial charge is 0.359 e. The molecule has 0 amide bonds. The summed E-state index contributed by atoms with van der Waals surface area (Å²) in [6.45, 7) is 0.644. The van der Waals surface area contributed by atoms with Gasteiger partial charge in [0.15, 0.2) is 0 Å². The van der Waals surface area contributed by atoms with Crippen molar-refractivity contribution in [1.29, 1.82) is 0 Å². The van der Waals surface area contributed by atoms with E-state index in [9.17, 15) is 75.0 Å². The van der Waals surface area contributed by atoms with Gasteiger partial charge in [-0.25, -0.2) is 22.4 Å². The van der Waals surface area contributed by atoms with Gasteiger partial charge < -0.3 is 4.74 Å². The van der Waals surface area contributed by atoms with Gasteiger partial charge in [-0.2, -0.15) is 52.7 Å². The summed E-state index contributed by atoms with van der Waals surface area (Å²) in [5.74, 6) is -49.0. The second-order valence-electron chi connectivity index (χ2n) is 6.37.